The largest absolute Gasteiger partial charge is 0.469 e. The highest BCUT2D eigenvalue weighted by atomic mass is 35.5. The average Bonchev–Trinajstić information content (AvgIpc) is 3.02. The fraction of sp³-hybridized carbons (Fsp3) is 0.333. The van der Waals surface area contributed by atoms with E-state index in [4.69, 9.17) is 11.6 Å². The van der Waals surface area contributed by atoms with Gasteiger partial charge in [-0.3, -0.25) is 14.5 Å². The molecule has 0 bridgehead atoms. The van der Waals surface area contributed by atoms with E-state index in [0.717, 1.165) is 0 Å². The van der Waals surface area contributed by atoms with Crippen LogP contribution in [0.5, 0.6) is 0 Å². The van der Waals surface area contributed by atoms with Crippen LogP contribution in [-0.2, 0) is 14.3 Å². The van der Waals surface area contributed by atoms with E-state index in [2.05, 4.69) is 14.8 Å². The minimum Gasteiger partial charge on any atom is -0.469 e. The van der Waals surface area contributed by atoms with Crippen LogP contribution in [0, 0.1) is 5.92 Å². The Morgan fingerprint density at radius 1 is 1.55 bits per heavy atom. The Kier molecular flexibility index (Phi) is 3.06. The summed E-state index contributed by atoms with van der Waals surface area (Å²) < 4.78 is 6.16. The Morgan fingerprint density at radius 2 is 2.35 bits per heavy atom. The fourth-order valence-electron chi connectivity index (χ4n) is 2.20. The predicted molar refractivity (Wildman–Crippen MR) is 70.5 cm³/mol. The van der Waals surface area contributed by atoms with Gasteiger partial charge in [0.05, 0.1) is 18.1 Å². The molecule has 0 radical (unpaired) electrons. The molecule has 0 spiro atoms. The van der Waals surface area contributed by atoms with E-state index >= 15 is 0 Å². The highest BCUT2D eigenvalue weighted by molar-refractivity contribution is 6.33. The first-order valence-corrected chi connectivity index (χ1v) is 6.37. The molecule has 104 valence electrons. The number of halogens is 1. The third-order valence-electron chi connectivity index (χ3n) is 3.20. The standard InChI is InChI=1S/C12H11ClN4O3/c1-20-11(19)7-5-9(18)16(6-7)12-14-10-8(13)3-2-4-17(10)15-12/h2-4,7H,5-6H2,1H3. The number of hydrogen-bond donors (Lipinski definition) is 0. The van der Waals surface area contributed by atoms with Crippen molar-refractivity contribution in [2.45, 2.75) is 6.42 Å². The van der Waals surface area contributed by atoms with Crippen molar-refractivity contribution >= 4 is 35.1 Å². The molecule has 0 saturated carbocycles. The Balaban J connectivity index is 1.93. The maximum Gasteiger partial charge on any atom is 0.311 e. The van der Waals surface area contributed by atoms with Crippen molar-refractivity contribution in [1.82, 2.24) is 14.6 Å². The zero-order chi connectivity index (χ0) is 14.3. The molecule has 8 heteroatoms. The van der Waals surface area contributed by atoms with Crippen LogP contribution in [0.25, 0.3) is 5.65 Å². The van der Waals surface area contributed by atoms with Gasteiger partial charge < -0.3 is 4.74 Å². The molecule has 1 unspecified atom stereocenters. The molecule has 7 nitrogen and oxygen atoms in total. The van der Waals surface area contributed by atoms with E-state index in [1.165, 1.54) is 16.5 Å². The van der Waals surface area contributed by atoms with Crippen LogP contribution in [-0.4, -0.2) is 40.1 Å². The minimum absolute atomic E-state index is 0.107. The van der Waals surface area contributed by atoms with Gasteiger partial charge in [0.1, 0.15) is 0 Å². The number of nitrogens with zero attached hydrogens (tertiary/aromatic N) is 4. The number of ether oxygens (including phenoxy) is 1. The summed E-state index contributed by atoms with van der Waals surface area (Å²) >= 11 is 6.01. The molecule has 1 atom stereocenters. The molecule has 3 rings (SSSR count). The third-order valence-corrected chi connectivity index (χ3v) is 3.50. The smallest absolute Gasteiger partial charge is 0.311 e. The molecule has 2 aromatic rings. The molecule has 0 N–H and O–H groups in total. The second-order valence-electron chi connectivity index (χ2n) is 4.46. The molecule has 0 aliphatic carbocycles. The van der Waals surface area contributed by atoms with Crippen molar-refractivity contribution in [3.05, 3.63) is 23.4 Å². The number of anilines is 1. The average molecular weight is 295 g/mol. The monoisotopic (exact) mass is 294 g/mol. The Bertz CT molecular complexity index is 699. The van der Waals surface area contributed by atoms with E-state index in [0.29, 0.717) is 10.7 Å². The van der Waals surface area contributed by atoms with Gasteiger partial charge in [0, 0.05) is 19.2 Å². The number of fused-ring (bicyclic) bond motifs is 1. The maximum atomic E-state index is 12.0. The van der Waals surface area contributed by atoms with Crippen LogP contribution in [0.1, 0.15) is 6.42 Å². The van der Waals surface area contributed by atoms with Gasteiger partial charge in [-0.15, -0.1) is 5.10 Å². The number of rotatable bonds is 2. The summed E-state index contributed by atoms with van der Waals surface area (Å²) in [7, 11) is 1.30. The topological polar surface area (TPSA) is 76.8 Å². The summed E-state index contributed by atoms with van der Waals surface area (Å²) in [6, 6.07) is 3.43. The summed E-state index contributed by atoms with van der Waals surface area (Å²) in [6.45, 7) is 0.222. The third kappa shape index (κ3) is 2.00. The molecule has 1 fully saturated rings. The summed E-state index contributed by atoms with van der Waals surface area (Å²) in [4.78, 5) is 29.1. The van der Waals surface area contributed by atoms with Crippen molar-refractivity contribution in [3.8, 4) is 0 Å². The van der Waals surface area contributed by atoms with E-state index in [1.54, 1.807) is 18.3 Å². The summed E-state index contributed by atoms with van der Waals surface area (Å²) in [5, 5.41) is 4.65. The van der Waals surface area contributed by atoms with E-state index in [1.807, 2.05) is 0 Å². The van der Waals surface area contributed by atoms with Crippen molar-refractivity contribution in [3.63, 3.8) is 0 Å². The lowest BCUT2D eigenvalue weighted by Gasteiger charge is -2.10. The second kappa shape index (κ2) is 4.75. The maximum absolute atomic E-state index is 12.0. The van der Waals surface area contributed by atoms with Gasteiger partial charge in [-0.2, -0.15) is 4.98 Å². The molecule has 0 aromatic carbocycles. The molecule has 1 amide bonds. The van der Waals surface area contributed by atoms with Crippen LogP contribution >= 0.6 is 11.6 Å². The number of carbonyl (C=O) groups excluding carboxylic acids is 2. The lowest BCUT2D eigenvalue weighted by Crippen LogP contribution is -2.27. The lowest BCUT2D eigenvalue weighted by atomic mass is 10.1. The predicted octanol–water partition coefficient (Wildman–Crippen LogP) is 0.909. The molecule has 1 aliphatic heterocycles. The molecule has 3 heterocycles. The van der Waals surface area contributed by atoms with Gasteiger partial charge in [0.25, 0.3) is 5.95 Å². The minimum atomic E-state index is -0.477. The van der Waals surface area contributed by atoms with Crippen LogP contribution < -0.4 is 4.90 Å². The van der Waals surface area contributed by atoms with Gasteiger partial charge in [-0.25, -0.2) is 4.52 Å². The number of pyridine rings is 1. The fourth-order valence-corrected chi connectivity index (χ4v) is 2.40. The SMILES string of the molecule is COC(=O)C1CC(=O)N(c2nc3c(Cl)cccn3n2)C1. The Hall–Kier alpha value is -2.15. The summed E-state index contributed by atoms with van der Waals surface area (Å²) in [6.07, 6.45) is 1.80. The van der Waals surface area contributed by atoms with Crippen molar-refractivity contribution in [1.29, 1.82) is 0 Å². The lowest BCUT2D eigenvalue weighted by molar-refractivity contribution is -0.145. The number of amides is 1. The molecule has 20 heavy (non-hydrogen) atoms. The number of aromatic nitrogens is 3. The second-order valence-corrected chi connectivity index (χ2v) is 4.87. The Morgan fingerprint density at radius 3 is 3.05 bits per heavy atom. The van der Waals surface area contributed by atoms with Gasteiger partial charge in [-0.1, -0.05) is 11.6 Å². The van der Waals surface area contributed by atoms with Crippen LogP contribution in [0.2, 0.25) is 5.02 Å². The molecular formula is C12H11ClN4O3. The number of methoxy groups -OCH3 is 1. The van der Waals surface area contributed by atoms with Crippen LogP contribution in [0.3, 0.4) is 0 Å². The zero-order valence-corrected chi connectivity index (χ0v) is 11.4. The normalized spacial score (nSPS) is 18.8. The summed E-state index contributed by atoms with van der Waals surface area (Å²) in [5.74, 6) is -0.834. The van der Waals surface area contributed by atoms with Crippen molar-refractivity contribution in [2.24, 2.45) is 5.92 Å². The van der Waals surface area contributed by atoms with Gasteiger partial charge >= 0.3 is 5.97 Å². The van der Waals surface area contributed by atoms with Gasteiger partial charge in [0.2, 0.25) is 5.91 Å². The number of carbonyl (C=O) groups is 2. The first-order valence-electron chi connectivity index (χ1n) is 5.99. The van der Waals surface area contributed by atoms with Crippen LogP contribution in [0.4, 0.5) is 5.95 Å². The summed E-state index contributed by atoms with van der Waals surface area (Å²) in [5.41, 5.74) is 0.471. The molecule has 1 saturated heterocycles. The van der Waals surface area contributed by atoms with Gasteiger partial charge in [-0.05, 0) is 12.1 Å². The van der Waals surface area contributed by atoms with Crippen LogP contribution in [0.15, 0.2) is 18.3 Å². The first-order chi connectivity index (χ1) is 9.60. The van der Waals surface area contributed by atoms with E-state index in [9.17, 15) is 9.59 Å². The Labute approximate surface area is 119 Å². The molecule has 1 aliphatic rings. The molecule has 2 aromatic heterocycles. The van der Waals surface area contributed by atoms with Crippen molar-refractivity contribution in [2.75, 3.05) is 18.6 Å². The van der Waals surface area contributed by atoms with E-state index < -0.39 is 11.9 Å². The molecular weight excluding hydrogens is 284 g/mol. The highest BCUT2D eigenvalue weighted by Crippen LogP contribution is 2.25. The highest BCUT2D eigenvalue weighted by Gasteiger charge is 2.37. The quantitative estimate of drug-likeness (QED) is 0.769. The van der Waals surface area contributed by atoms with Gasteiger partial charge in [0.15, 0.2) is 5.65 Å². The van der Waals surface area contributed by atoms with Crippen molar-refractivity contribution < 1.29 is 14.3 Å². The first kappa shape index (κ1) is 12.9. The number of esters is 1. The van der Waals surface area contributed by atoms with E-state index in [-0.39, 0.29) is 24.8 Å². The zero-order valence-electron chi connectivity index (χ0n) is 10.6. The number of hydrogen-bond acceptors (Lipinski definition) is 5.